The second-order valence-corrected chi connectivity index (χ2v) is 12.0. The molecule has 1 amide bonds. The number of halogens is 1. The number of methoxy groups -OCH3 is 1. The van der Waals surface area contributed by atoms with Crippen LogP contribution in [0, 0.1) is 0 Å². The Labute approximate surface area is 240 Å². The van der Waals surface area contributed by atoms with Crippen LogP contribution < -0.4 is 15.6 Å². The van der Waals surface area contributed by atoms with Gasteiger partial charge in [-0.3, -0.25) is 14.2 Å². The van der Waals surface area contributed by atoms with Crippen molar-refractivity contribution in [3.8, 4) is 22.7 Å². The van der Waals surface area contributed by atoms with E-state index < -0.39 is 0 Å². The van der Waals surface area contributed by atoms with Gasteiger partial charge in [0, 0.05) is 21.1 Å². The maximum atomic E-state index is 14.5. The SMILES string of the molecule is COc1ccc(-n2c(SCC(=O)Nc3ccc(Br)cc3)nc3c(c2=O)C2(CCCC2)Cc2ccccc2-3)cc1. The van der Waals surface area contributed by atoms with Gasteiger partial charge in [-0.1, -0.05) is 64.8 Å². The molecule has 1 aromatic heterocycles. The molecule has 39 heavy (non-hydrogen) atoms. The Morgan fingerprint density at radius 1 is 1.05 bits per heavy atom. The van der Waals surface area contributed by atoms with Crippen molar-refractivity contribution in [3.05, 3.63) is 98.7 Å². The minimum absolute atomic E-state index is 0.0441. The maximum absolute atomic E-state index is 14.5. The normalized spacial score (nSPS) is 15.0. The fourth-order valence-electron chi connectivity index (χ4n) is 5.93. The van der Waals surface area contributed by atoms with E-state index in [1.807, 2.05) is 54.6 Å². The molecule has 4 aromatic rings. The number of amides is 1. The Morgan fingerprint density at radius 2 is 1.77 bits per heavy atom. The molecule has 2 aliphatic carbocycles. The van der Waals surface area contributed by atoms with Crippen LogP contribution in [-0.4, -0.2) is 28.3 Å². The average Bonchev–Trinajstić information content (AvgIpc) is 3.41. The third kappa shape index (κ3) is 4.92. The number of fused-ring (bicyclic) bond motifs is 4. The van der Waals surface area contributed by atoms with Crippen molar-refractivity contribution in [2.24, 2.45) is 0 Å². The summed E-state index contributed by atoms with van der Waals surface area (Å²) in [6.45, 7) is 0. The number of nitrogens with zero attached hydrogens (tertiary/aromatic N) is 2. The Bertz CT molecular complexity index is 1590. The van der Waals surface area contributed by atoms with Gasteiger partial charge in [0.2, 0.25) is 5.91 Å². The summed E-state index contributed by atoms with van der Waals surface area (Å²) in [5.74, 6) is 0.662. The summed E-state index contributed by atoms with van der Waals surface area (Å²) in [6.07, 6.45) is 5.04. The molecule has 6 rings (SSSR count). The lowest BCUT2D eigenvalue weighted by atomic mass is 9.68. The number of thioether (sulfide) groups is 1. The quantitative estimate of drug-likeness (QED) is 0.195. The standard InChI is InChI=1S/C31H28BrN3O3S/c1-38-24-14-12-23(13-15-24)35-29(37)27-28(25-7-3-2-6-20(25)18-31(27)16-4-5-17-31)34-30(35)39-19-26(36)33-22-10-8-21(32)9-11-22/h2-3,6-15H,4-5,16-19H2,1H3,(H,33,36). The molecule has 0 unspecified atom stereocenters. The number of carbonyl (C=O) groups is 1. The first-order valence-corrected chi connectivity index (χ1v) is 14.8. The molecule has 1 spiro atoms. The zero-order valence-electron chi connectivity index (χ0n) is 21.6. The van der Waals surface area contributed by atoms with Crippen LogP contribution in [0.5, 0.6) is 5.75 Å². The summed E-state index contributed by atoms with van der Waals surface area (Å²) >= 11 is 4.69. The summed E-state index contributed by atoms with van der Waals surface area (Å²) in [5.41, 5.74) is 5.02. The largest absolute Gasteiger partial charge is 0.497 e. The highest BCUT2D eigenvalue weighted by Crippen LogP contribution is 2.50. The van der Waals surface area contributed by atoms with Gasteiger partial charge in [-0.15, -0.1) is 0 Å². The van der Waals surface area contributed by atoms with Crippen molar-refractivity contribution in [2.45, 2.75) is 42.7 Å². The Balaban J connectivity index is 1.45. The van der Waals surface area contributed by atoms with Crippen molar-refractivity contribution in [1.82, 2.24) is 9.55 Å². The Kier molecular flexibility index (Phi) is 7.08. The van der Waals surface area contributed by atoms with E-state index in [2.05, 4.69) is 39.4 Å². The van der Waals surface area contributed by atoms with Crippen LogP contribution >= 0.6 is 27.7 Å². The van der Waals surface area contributed by atoms with E-state index in [9.17, 15) is 9.59 Å². The minimum atomic E-state index is -0.204. The highest BCUT2D eigenvalue weighted by Gasteiger charge is 2.44. The molecule has 0 bridgehead atoms. The third-order valence-corrected chi connectivity index (χ3v) is 9.20. The summed E-state index contributed by atoms with van der Waals surface area (Å²) in [5, 5.41) is 3.43. The molecule has 198 valence electrons. The molecule has 1 saturated carbocycles. The summed E-state index contributed by atoms with van der Waals surface area (Å²) in [6, 6.07) is 23.2. The molecule has 3 aromatic carbocycles. The lowest BCUT2D eigenvalue weighted by Gasteiger charge is -2.36. The first-order chi connectivity index (χ1) is 19.0. The average molecular weight is 603 g/mol. The molecular formula is C31H28BrN3O3S. The lowest BCUT2D eigenvalue weighted by molar-refractivity contribution is -0.113. The number of hydrogen-bond donors (Lipinski definition) is 1. The van der Waals surface area contributed by atoms with E-state index in [0.29, 0.717) is 22.3 Å². The number of anilines is 1. The summed E-state index contributed by atoms with van der Waals surface area (Å²) in [7, 11) is 1.62. The smallest absolute Gasteiger partial charge is 0.263 e. The van der Waals surface area contributed by atoms with Gasteiger partial charge in [0.05, 0.1) is 29.8 Å². The van der Waals surface area contributed by atoms with Crippen LogP contribution in [0.4, 0.5) is 5.69 Å². The summed E-state index contributed by atoms with van der Waals surface area (Å²) in [4.78, 5) is 32.6. The van der Waals surface area contributed by atoms with Gasteiger partial charge in [-0.05, 0) is 73.4 Å². The number of aromatic nitrogens is 2. The molecule has 0 radical (unpaired) electrons. The van der Waals surface area contributed by atoms with Crippen LogP contribution in [0.2, 0.25) is 0 Å². The Hall–Kier alpha value is -3.36. The van der Waals surface area contributed by atoms with E-state index >= 15 is 0 Å². The van der Waals surface area contributed by atoms with E-state index in [4.69, 9.17) is 9.72 Å². The molecule has 0 atom stereocenters. The van der Waals surface area contributed by atoms with Gasteiger partial charge < -0.3 is 10.1 Å². The fraction of sp³-hybridized carbons (Fsp3) is 0.258. The molecule has 0 aliphatic heterocycles. The molecule has 2 aliphatic rings. The summed E-state index contributed by atoms with van der Waals surface area (Å²) < 4.78 is 7.98. The number of nitrogens with one attached hydrogen (secondary N) is 1. The van der Waals surface area contributed by atoms with E-state index in [1.54, 1.807) is 11.7 Å². The highest BCUT2D eigenvalue weighted by atomic mass is 79.9. The topological polar surface area (TPSA) is 73.2 Å². The number of rotatable bonds is 6. The predicted molar refractivity (Wildman–Crippen MR) is 159 cm³/mol. The predicted octanol–water partition coefficient (Wildman–Crippen LogP) is 6.77. The lowest BCUT2D eigenvalue weighted by Crippen LogP contribution is -2.40. The first kappa shape index (κ1) is 25.9. The molecule has 0 saturated heterocycles. The van der Waals surface area contributed by atoms with Gasteiger partial charge in [0.25, 0.3) is 5.56 Å². The zero-order valence-corrected chi connectivity index (χ0v) is 24.0. The zero-order chi connectivity index (χ0) is 27.0. The van der Waals surface area contributed by atoms with Gasteiger partial charge in [-0.25, -0.2) is 4.98 Å². The number of carbonyl (C=O) groups excluding carboxylic acids is 1. The van der Waals surface area contributed by atoms with Crippen molar-refractivity contribution in [3.63, 3.8) is 0 Å². The third-order valence-electron chi connectivity index (χ3n) is 7.74. The Morgan fingerprint density at radius 3 is 2.49 bits per heavy atom. The molecule has 8 heteroatoms. The minimum Gasteiger partial charge on any atom is -0.497 e. The van der Waals surface area contributed by atoms with Crippen molar-refractivity contribution in [2.75, 3.05) is 18.2 Å². The van der Waals surface area contributed by atoms with Crippen LogP contribution in [0.15, 0.2) is 87.2 Å². The van der Waals surface area contributed by atoms with Gasteiger partial charge in [0.15, 0.2) is 5.16 Å². The van der Waals surface area contributed by atoms with Gasteiger partial charge in [0.1, 0.15) is 5.75 Å². The van der Waals surface area contributed by atoms with Crippen LogP contribution in [0.1, 0.15) is 36.8 Å². The second kappa shape index (κ2) is 10.7. The second-order valence-electron chi connectivity index (χ2n) is 10.1. The number of benzene rings is 3. The fourth-order valence-corrected chi connectivity index (χ4v) is 7.00. The molecule has 1 N–H and O–H groups in total. The van der Waals surface area contributed by atoms with E-state index in [-0.39, 0.29) is 22.6 Å². The van der Waals surface area contributed by atoms with Crippen LogP contribution in [-0.2, 0) is 16.6 Å². The number of ether oxygens (including phenoxy) is 1. The molecule has 6 nitrogen and oxygen atoms in total. The highest BCUT2D eigenvalue weighted by molar-refractivity contribution is 9.10. The van der Waals surface area contributed by atoms with Gasteiger partial charge >= 0.3 is 0 Å². The molecule has 1 fully saturated rings. The number of hydrogen-bond acceptors (Lipinski definition) is 5. The van der Waals surface area contributed by atoms with Crippen molar-refractivity contribution < 1.29 is 9.53 Å². The van der Waals surface area contributed by atoms with Crippen LogP contribution in [0.25, 0.3) is 16.9 Å². The molecular weight excluding hydrogens is 574 g/mol. The maximum Gasteiger partial charge on any atom is 0.263 e. The molecule has 1 heterocycles. The van der Waals surface area contributed by atoms with Crippen LogP contribution in [0.3, 0.4) is 0 Å². The van der Waals surface area contributed by atoms with Crippen molar-refractivity contribution >= 4 is 39.3 Å². The first-order valence-electron chi connectivity index (χ1n) is 13.1. The van der Waals surface area contributed by atoms with Crippen molar-refractivity contribution in [1.29, 1.82) is 0 Å². The monoisotopic (exact) mass is 601 g/mol. The van der Waals surface area contributed by atoms with E-state index in [0.717, 1.165) is 53.4 Å². The van der Waals surface area contributed by atoms with Gasteiger partial charge in [-0.2, -0.15) is 0 Å². The van der Waals surface area contributed by atoms with E-state index in [1.165, 1.54) is 17.3 Å².